The number of amides is 1. The van der Waals surface area contributed by atoms with Gasteiger partial charge in [-0.1, -0.05) is 13.0 Å². The molecule has 0 saturated carbocycles. The standard InChI is InChI=1S/C9H12N2OS/c1-3-5-10-9(12)8-7(4-2)11-6-13-8/h3,6H,1,4-5H2,2H3,(H,10,12). The maximum atomic E-state index is 11.5. The van der Waals surface area contributed by atoms with Crippen LogP contribution in [-0.2, 0) is 6.42 Å². The number of rotatable bonds is 4. The maximum absolute atomic E-state index is 11.5. The Morgan fingerprint density at radius 1 is 1.85 bits per heavy atom. The van der Waals surface area contributed by atoms with E-state index in [1.807, 2.05) is 6.92 Å². The van der Waals surface area contributed by atoms with E-state index in [2.05, 4.69) is 16.9 Å². The van der Waals surface area contributed by atoms with Crippen LogP contribution in [0.3, 0.4) is 0 Å². The van der Waals surface area contributed by atoms with E-state index in [9.17, 15) is 4.79 Å². The van der Waals surface area contributed by atoms with E-state index >= 15 is 0 Å². The van der Waals surface area contributed by atoms with E-state index in [1.165, 1.54) is 11.3 Å². The first kappa shape index (κ1) is 9.92. The van der Waals surface area contributed by atoms with E-state index in [1.54, 1.807) is 11.6 Å². The van der Waals surface area contributed by atoms with Gasteiger partial charge < -0.3 is 5.32 Å². The highest BCUT2D eigenvalue weighted by Gasteiger charge is 2.11. The number of nitrogens with one attached hydrogen (secondary N) is 1. The number of hydrogen-bond acceptors (Lipinski definition) is 3. The Kier molecular flexibility index (Phi) is 3.64. The van der Waals surface area contributed by atoms with Gasteiger partial charge in [0, 0.05) is 6.54 Å². The van der Waals surface area contributed by atoms with Crippen LogP contribution < -0.4 is 5.32 Å². The zero-order valence-electron chi connectivity index (χ0n) is 7.54. The van der Waals surface area contributed by atoms with Gasteiger partial charge in [0.2, 0.25) is 0 Å². The highest BCUT2D eigenvalue weighted by atomic mass is 32.1. The van der Waals surface area contributed by atoms with Crippen LogP contribution >= 0.6 is 11.3 Å². The molecule has 13 heavy (non-hydrogen) atoms. The van der Waals surface area contributed by atoms with Crippen molar-refractivity contribution >= 4 is 17.2 Å². The fourth-order valence-corrected chi connectivity index (χ4v) is 1.75. The van der Waals surface area contributed by atoms with E-state index < -0.39 is 0 Å². The molecule has 1 heterocycles. The van der Waals surface area contributed by atoms with Crippen molar-refractivity contribution in [2.24, 2.45) is 0 Å². The second-order valence-corrected chi connectivity index (χ2v) is 3.34. The molecule has 0 saturated heterocycles. The van der Waals surface area contributed by atoms with E-state index in [-0.39, 0.29) is 5.91 Å². The van der Waals surface area contributed by atoms with E-state index in [0.717, 1.165) is 12.1 Å². The summed E-state index contributed by atoms with van der Waals surface area (Å²) in [4.78, 5) is 16.3. The monoisotopic (exact) mass is 196 g/mol. The summed E-state index contributed by atoms with van der Waals surface area (Å²) in [5.74, 6) is -0.0562. The van der Waals surface area contributed by atoms with Gasteiger partial charge in [-0.05, 0) is 6.42 Å². The van der Waals surface area contributed by atoms with Crippen LogP contribution in [0.1, 0.15) is 22.3 Å². The molecule has 0 aromatic carbocycles. The number of nitrogens with zero attached hydrogens (tertiary/aromatic N) is 1. The predicted octanol–water partition coefficient (Wildman–Crippen LogP) is 1.62. The molecule has 1 amide bonds. The number of hydrogen-bond donors (Lipinski definition) is 1. The molecule has 0 radical (unpaired) electrons. The van der Waals surface area contributed by atoms with E-state index in [4.69, 9.17) is 0 Å². The summed E-state index contributed by atoms with van der Waals surface area (Å²) >= 11 is 1.38. The van der Waals surface area contributed by atoms with Gasteiger partial charge in [0.25, 0.3) is 5.91 Å². The molecule has 0 aliphatic carbocycles. The first-order chi connectivity index (χ1) is 6.29. The second-order valence-electron chi connectivity index (χ2n) is 2.48. The lowest BCUT2D eigenvalue weighted by atomic mass is 10.3. The Labute approximate surface area is 81.5 Å². The summed E-state index contributed by atoms with van der Waals surface area (Å²) < 4.78 is 0. The zero-order valence-corrected chi connectivity index (χ0v) is 8.36. The van der Waals surface area contributed by atoms with Crippen molar-refractivity contribution in [1.82, 2.24) is 10.3 Å². The Balaban J connectivity index is 2.70. The lowest BCUT2D eigenvalue weighted by Gasteiger charge is -2.00. The first-order valence-electron chi connectivity index (χ1n) is 4.11. The van der Waals surface area contributed by atoms with Gasteiger partial charge >= 0.3 is 0 Å². The topological polar surface area (TPSA) is 42.0 Å². The van der Waals surface area contributed by atoms with Gasteiger partial charge in [0.1, 0.15) is 4.88 Å². The fraction of sp³-hybridized carbons (Fsp3) is 0.333. The van der Waals surface area contributed by atoms with Crippen molar-refractivity contribution in [2.75, 3.05) is 6.54 Å². The molecule has 0 aliphatic rings. The minimum absolute atomic E-state index is 0.0562. The molecule has 0 aliphatic heterocycles. The molecule has 0 spiro atoms. The van der Waals surface area contributed by atoms with Crippen LogP contribution in [0.15, 0.2) is 18.2 Å². The Morgan fingerprint density at radius 2 is 2.62 bits per heavy atom. The summed E-state index contributed by atoms with van der Waals surface area (Å²) in [5, 5.41) is 2.72. The Morgan fingerprint density at radius 3 is 3.23 bits per heavy atom. The van der Waals surface area contributed by atoms with Crippen molar-refractivity contribution in [2.45, 2.75) is 13.3 Å². The summed E-state index contributed by atoms with van der Waals surface area (Å²) in [6.45, 7) is 6.01. The van der Waals surface area contributed by atoms with Crippen LogP contribution in [0.2, 0.25) is 0 Å². The van der Waals surface area contributed by atoms with Crippen molar-refractivity contribution in [3.63, 3.8) is 0 Å². The highest BCUT2D eigenvalue weighted by Crippen LogP contribution is 2.13. The van der Waals surface area contributed by atoms with Gasteiger partial charge in [-0.15, -0.1) is 17.9 Å². The molecule has 0 unspecified atom stereocenters. The van der Waals surface area contributed by atoms with Crippen molar-refractivity contribution in [1.29, 1.82) is 0 Å². The minimum Gasteiger partial charge on any atom is -0.348 e. The number of thiazole rings is 1. The molecular weight excluding hydrogens is 184 g/mol. The SMILES string of the molecule is C=CCNC(=O)c1scnc1CC. The number of aryl methyl sites for hydroxylation is 1. The molecule has 1 aromatic rings. The Hall–Kier alpha value is -1.16. The van der Waals surface area contributed by atoms with Crippen LogP contribution in [0.5, 0.6) is 0 Å². The predicted molar refractivity (Wildman–Crippen MR) is 54.0 cm³/mol. The summed E-state index contributed by atoms with van der Waals surface area (Å²) in [6, 6.07) is 0. The maximum Gasteiger partial charge on any atom is 0.263 e. The lowest BCUT2D eigenvalue weighted by Crippen LogP contribution is -2.23. The molecule has 0 bridgehead atoms. The molecular formula is C9H12N2OS. The quantitative estimate of drug-likeness (QED) is 0.743. The van der Waals surface area contributed by atoms with E-state index in [0.29, 0.717) is 11.4 Å². The molecule has 0 fully saturated rings. The third-order valence-corrected chi connectivity index (χ3v) is 2.46. The number of carbonyl (C=O) groups is 1. The van der Waals surface area contributed by atoms with Crippen LogP contribution in [0.4, 0.5) is 0 Å². The van der Waals surface area contributed by atoms with Crippen LogP contribution in [-0.4, -0.2) is 17.4 Å². The number of carbonyl (C=O) groups excluding carboxylic acids is 1. The molecule has 1 rings (SSSR count). The molecule has 3 nitrogen and oxygen atoms in total. The summed E-state index contributed by atoms with van der Waals surface area (Å²) in [5.41, 5.74) is 2.56. The normalized spacial score (nSPS) is 9.62. The van der Waals surface area contributed by atoms with Crippen LogP contribution in [0.25, 0.3) is 0 Å². The molecule has 0 atom stereocenters. The highest BCUT2D eigenvalue weighted by molar-refractivity contribution is 7.11. The second kappa shape index (κ2) is 4.77. The van der Waals surface area contributed by atoms with Gasteiger partial charge in [-0.25, -0.2) is 4.98 Å². The largest absolute Gasteiger partial charge is 0.348 e. The minimum atomic E-state index is -0.0562. The number of aromatic nitrogens is 1. The van der Waals surface area contributed by atoms with Crippen molar-refractivity contribution in [3.05, 3.63) is 28.7 Å². The fourth-order valence-electron chi connectivity index (χ4n) is 0.951. The first-order valence-corrected chi connectivity index (χ1v) is 4.99. The average Bonchev–Trinajstić information content (AvgIpc) is 2.61. The van der Waals surface area contributed by atoms with Crippen molar-refractivity contribution in [3.8, 4) is 0 Å². The Bertz CT molecular complexity index is 306. The van der Waals surface area contributed by atoms with Gasteiger partial charge in [-0.2, -0.15) is 0 Å². The molecule has 70 valence electrons. The lowest BCUT2D eigenvalue weighted by molar-refractivity contribution is 0.0961. The average molecular weight is 196 g/mol. The smallest absolute Gasteiger partial charge is 0.263 e. The van der Waals surface area contributed by atoms with Gasteiger partial charge in [0.15, 0.2) is 0 Å². The third-order valence-electron chi connectivity index (χ3n) is 1.59. The van der Waals surface area contributed by atoms with Gasteiger partial charge in [-0.3, -0.25) is 4.79 Å². The van der Waals surface area contributed by atoms with Crippen molar-refractivity contribution < 1.29 is 4.79 Å². The molecule has 4 heteroatoms. The molecule has 1 aromatic heterocycles. The van der Waals surface area contributed by atoms with Gasteiger partial charge in [0.05, 0.1) is 11.2 Å². The van der Waals surface area contributed by atoms with Crippen LogP contribution in [0, 0.1) is 0 Å². The summed E-state index contributed by atoms with van der Waals surface area (Å²) in [6.07, 6.45) is 2.45. The third kappa shape index (κ3) is 2.39. The zero-order chi connectivity index (χ0) is 9.68. The molecule has 1 N–H and O–H groups in total. The summed E-state index contributed by atoms with van der Waals surface area (Å²) in [7, 11) is 0.